The highest BCUT2D eigenvalue weighted by Crippen LogP contribution is 2.36. The van der Waals surface area contributed by atoms with Crippen LogP contribution in [-0.4, -0.2) is 18.1 Å². The molecule has 0 aliphatic heterocycles. The molecule has 0 fully saturated rings. The van der Waals surface area contributed by atoms with Crippen molar-refractivity contribution in [2.75, 3.05) is 0 Å². The van der Waals surface area contributed by atoms with E-state index in [1.165, 1.54) is 63.9 Å². The Morgan fingerprint density at radius 1 is 0.750 bits per heavy atom. The van der Waals surface area contributed by atoms with Crippen molar-refractivity contribution in [2.45, 2.75) is 141 Å². The van der Waals surface area contributed by atoms with Gasteiger partial charge in [0.15, 0.2) is 0 Å². The third-order valence-corrected chi connectivity index (χ3v) is 7.98. The van der Waals surface area contributed by atoms with E-state index in [9.17, 15) is 13.0 Å². The molecule has 0 spiro atoms. The lowest BCUT2D eigenvalue weighted by molar-refractivity contribution is 0.424. The van der Waals surface area contributed by atoms with Gasteiger partial charge in [-0.2, -0.15) is 8.42 Å². The average Bonchev–Trinajstić information content (AvgIpc) is 2.77. The Morgan fingerprint density at radius 3 is 1.59 bits per heavy atom. The van der Waals surface area contributed by atoms with Gasteiger partial charge in [-0.05, 0) is 67.3 Å². The Hall–Kier alpha value is -0.440. The van der Waals surface area contributed by atoms with Crippen LogP contribution in [0.1, 0.15) is 129 Å². The molecule has 0 radical (unpaired) electrons. The van der Waals surface area contributed by atoms with Gasteiger partial charge in [0, 0.05) is 0 Å². The summed E-state index contributed by atoms with van der Waals surface area (Å²) in [6, 6.07) is 5.18. The van der Waals surface area contributed by atoms with Crippen LogP contribution in [0.25, 0.3) is 0 Å². The Bertz CT molecular complexity index is 679. The second-order valence-electron chi connectivity index (χ2n) is 9.25. The highest BCUT2D eigenvalue weighted by molar-refractivity contribution is 7.85. The third kappa shape index (κ3) is 13.3. The van der Waals surface area contributed by atoms with Crippen LogP contribution in [0.15, 0.2) is 23.1 Å². The number of benzene rings is 1. The fraction of sp³-hybridized carbons (Fsp3) is 0.778. The van der Waals surface area contributed by atoms with E-state index in [0.717, 1.165) is 43.2 Å². The lowest BCUT2D eigenvalue weighted by atomic mass is 9.90. The molecule has 1 aromatic rings. The van der Waals surface area contributed by atoms with E-state index in [-0.39, 0.29) is 4.90 Å². The van der Waals surface area contributed by atoms with E-state index in [0.29, 0.717) is 11.6 Å². The van der Waals surface area contributed by atoms with Crippen LogP contribution in [0.4, 0.5) is 0 Å². The van der Waals surface area contributed by atoms with Gasteiger partial charge in [0.25, 0.3) is 10.1 Å². The van der Waals surface area contributed by atoms with Gasteiger partial charge < -0.3 is 0 Å². The summed E-state index contributed by atoms with van der Waals surface area (Å²) < 4.78 is 32.1. The zero-order valence-corrected chi connectivity index (χ0v) is 23.6. The molecule has 188 valence electrons. The number of hydrogen-bond donors (Lipinski definition) is 1. The molecule has 0 saturated carbocycles. The summed E-state index contributed by atoms with van der Waals surface area (Å²) in [6.07, 6.45) is 18.1. The minimum Gasteiger partial charge on any atom is -0.282 e. The summed E-state index contributed by atoms with van der Waals surface area (Å²) in [5.74, 6) is 0. The van der Waals surface area contributed by atoms with Gasteiger partial charge in [-0.15, -0.1) is 9.24 Å². The van der Waals surface area contributed by atoms with Crippen molar-refractivity contribution in [1.82, 2.24) is 0 Å². The molecule has 1 rings (SSSR count). The van der Waals surface area contributed by atoms with E-state index in [1.54, 1.807) is 6.07 Å². The third-order valence-electron chi connectivity index (χ3n) is 6.17. The molecule has 0 bridgehead atoms. The summed E-state index contributed by atoms with van der Waals surface area (Å²) in [5, 5.41) is 0.571. The molecule has 1 aromatic carbocycles. The standard InChI is InChI=1S/C14H22O3S.C13H29P/c1-3-5-8-12-9-7-11-14(18(15,16)17)13(12)10-6-4-2;1-4-7-10-13(14,11-8-5-2)12-9-6-3/h7,9,11H,3-6,8,10H2,1-2H3,(H,15,16,17);4-12,14H2,1-3H3. The fourth-order valence-corrected chi connectivity index (χ4v) is 5.46. The molecule has 0 heterocycles. The zero-order valence-electron chi connectivity index (χ0n) is 21.6. The first-order valence-corrected chi connectivity index (χ1v) is 15.1. The van der Waals surface area contributed by atoms with Crippen LogP contribution < -0.4 is 0 Å². The second kappa shape index (κ2) is 18.0. The van der Waals surface area contributed by atoms with Crippen molar-refractivity contribution < 1.29 is 13.0 Å². The van der Waals surface area contributed by atoms with Crippen molar-refractivity contribution in [3.8, 4) is 0 Å². The molecule has 3 nitrogen and oxygen atoms in total. The van der Waals surface area contributed by atoms with Gasteiger partial charge in [0.1, 0.15) is 0 Å². The maximum Gasteiger partial charge on any atom is 0.294 e. The first kappa shape index (κ1) is 31.6. The lowest BCUT2D eigenvalue weighted by Crippen LogP contribution is -2.20. The molecule has 1 N–H and O–H groups in total. The molecule has 0 aliphatic carbocycles. The van der Waals surface area contributed by atoms with Crippen LogP contribution in [0, 0.1) is 0 Å². The number of rotatable bonds is 16. The molecule has 5 heteroatoms. The van der Waals surface area contributed by atoms with Crippen LogP contribution in [0.2, 0.25) is 0 Å². The maximum absolute atomic E-state index is 11.4. The Labute approximate surface area is 202 Å². The number of unbranched alkanes of at least 4 members (excludes halogenated alkanes) is 5. The molecular formula is C27H51O3PS. The van der Waals surface area contributed by atoms with E-state index in [1.807, 2.05) is 6.07 Å². The van der Waals surface area contributed by atoms with Crippen LogP contribution in [-0.2, 0) is 23.0 Å². The quantitative estimate of drug-likeness (QED) is 0.188. The van der Waals surface area contributed by atoms with Gasteiger partial charge in [-0.1, -0.05) is 98.1 Å². The van der Waals surface area contributed by atoms with Crippen LogP contribution in [0.5, 0.6) is 0 Å². The molecule has 0 aromatic heterocycles. The lowest BCUT2D eigenvalue weighted by Gasteiger charge is -2.29. The summed E-state index contributed by atoms with van der Waals surface area (Å²) in [6.45, 7) is 11.1. The maximum atomic E-state index is 11.4. The highest BCUT2D eigenvalue weighted by atomic mass is 32.2. The Morgan fingerprint density at radius 2 is 1.19 bits per heavy atom. The number of aryl methyl sites for hydroxylation is 1. The van der Waals surface area contributed by atoms with E-state index in [4.69, 9.17) is 0 Å². The van der Waals surface area contributed by atoms with Crippen LogP contribution in [0.3, 0.4) is 0 Å². The van der Waals surface area contributed by atoms with Crippen molar-refractivity contribution >= 4 is 19.4 Å². The van der Waals surface area contributed by atoms with Crippen LogP contribution >= 0.6 is 9.24 Å². The summed E-state index contributed by atoms with van der Waals surface area (Å²) >= 11 is 0. The molecular weight excluding hydrogens is 435 g/mol. The van der Waals surface area contributed by atoms with Gasteiger partial charge in [-0.3, -0.25) is 4.55 Å². The Kier molecular flexibility index (Phi) is 17.7. The van der Waals surface area contributed by atoms with E-state index in [2.05, 4.69) is 43.9 Å². The second-order valence-corrected chi connectivity index (χ2v) is 11.9. The highest BCUT2D eigenvalue weighted by Gasteiger charge is 2.22. The monoisotopic (exact) mass is 486 g/mol. The molecule has 1 unspecified atom stereocenters. The fourth-order valence-electron chi connectivity index (χ4n) is 4.05. The largest absolute Gasteiger partial charge is 0.294 e. The van der Waals surface area contributed by atoms with Crippen molar-refractivity contribution in [3.63, 3.8) is 0 Å². The van der Waals surface area contributed by atoms with Gasteiger partial charge in [0.05, 0.1) is 4.90 Å². The normalized spacial score (nSPS) is 11.8. The molecule has 0 saturated heterocycles. The first-order chi connectivity index (χ1) is 15.2. The molecule has 0 aliphatic rings. The van der Waals surface area contributed by atoms with Gasteiger partial charge >= 0.3 is 0 Å². The SMILES string of the molecule is CCCCC(P)(CCCC)CCCC.CCCCc1cccc(S(=O)(=O)O)c1CCCC. The summed E-state index contributed by atoms with van der Waals surface area (Å²) in [4.78, 5) is 0.0875. The summed E-state index contributed by atoms with van der Waals surface area (Å²) in [5.41, 5.74) is 1.86. The Balaban J connectivity index is 0.000000622. The van der Waals surface area contributed by atoms with Gasteiger partial charge in [-0.25, -0.2) is 0 Å². The van der Waals surface area contributed by atoms with E-state index >= 15 is 0 Å². The zero-order chi connectivity index (χ0) is 24.5. The summed E-state index contributed by atoms with van der Waals surface area (Å²) in [7, 11) is -0.945. The molecule has 0 amide bonds. The van der Waals surface area contributed by atoms with E-state index < -0.39 is 10.1 Å². The predicted octanol–water partition coefficient (Wildman–Crippen LogP) is 8.79. The topological polar surface area (TPSA) is 54.4 Å². The number of hydrogen-bond acceptors (Lipinski definition) is 2. The predicted molar refractivity (Wildman–Crippen MR) is 144 cm³/mol. The average molecular weight is 487 g/mol. The molecule has 32 heavy (non-hydrogen) atoms. The molecule has 1 atom stereocenters. The first-order valence-electron chi connectivity index (χ1n) is 13.1. The minimum absolute atomic E-state index is 0.0875. The smallest absolute Gasteiger partial charge is 0.282 e. The minimum atomic E-state index is -4.11. The van der Waals surface area contributed by atoms with Gasteiger partial charge in [0.2, 0.25) is 0 Å². The van der Waals surface area contributed by atoms with Crippen molar-refractivity contribution in [2.24, 2.45) is 0 Å². The van der Waals surface area contributed by atoms with Crippen molar-refractivity contribution in [1.29, 1.82) is 0 Å². The van der Waals surface area contributed by atoms with Crippen molar-refractivity contribution in [3.05, 3.63) is 29.3 Å².